The number of hydrogen-bond acceptors (Lipinski definition) is 4. The van der Waals surface area contributed by atoms with E-state index in [0.29, 0.717) is 32.3 Å². The molecule has 1 rings (SSSR count). The van der Waals surface area contributed by atoms with E-state index in [9.17, 15) is 4.79 Å². The van der Waals surface area contributed by atoms with Crippen LogP contribution in [0.5, 0.6) is 0 Å². The molecule has 0 unspecified atom stereocenters. The Morgan fingerprint density at radius 2 is 2.05 bits per heavy atom. The zero-order chi connectivity index (χ0) is 14.3. The summed E-state index contributed by atoms with van der Waals surface area (Å²) in [6, 6.07) is 2.08. The maximum atomic E-state index is 10.2. The molecule has 108 valence electrons. The minimum Gasteiger partial charge on any atom is -0.480 e. The number of carboxylic acids is 1. The first-order chi connectivity index (χ1) is 9.00. The second-order valence-electron chi connectivity index (χ2n) is 4.65. The molecular weight excluding hydrogens is 248 g/mol. The Kier molecular flexibility index (Phi) is 6.52. The molecule has 0 saturated heterocycles. The van der Waals surface area contributed by atoms with E-state index >= 15 is 0 Å². The van der Waals surface area contributed by atoms with Gasteiger partial charge in [0.15, 0.2) is 0 Å². The summed E-state index contributed by atoms with van der Waals surface area (Å²) in [4.78, 5) is 10.2. The van der Waals surface area contributed by atoms with E-state index in [-0.39, 0.29) is 6.61 Å². The molecule has 1 N–H and O–H groups in total. The molecule has 0 atom stereocenters. The van der Waals surface area contributed by atoms with Gasteiger partial charge in [0.2, 0.25) is 0 Å². The number of aromatic nitrogens is 2. The lowest BCUT2D eigenvalue weighted by molar-refractivity contribution is -0.142. The molecule has 0 bridgehead atoms. The topological polar surface area (TPSA) is 73.6 Å². The fourth-order valence-corrected chi connectivity index (χ4v) is 1.74. The van der Waals surface area contributed by atoms with Crippen molar-refractivity contribution >= 4 is 5.97 Å². The molecule has 0 radical (unpaired) electrons. The van der Waals surface area contributed by atoms with Crippen LogP contribution in [0.25, 0.3) is 0 Å². The molecule has 0 aliphatic heterocycles. The Morgan fingerprint density at radius 3 is 2.68 bits per heavy atom. The summed E-state index contributed by atoms with van der Waals surface area (Å²) in [7, 11) is 0. The number of hydrogen-bond donors (Lipinski definition) is 1. The Bertz CT molecular complexity index is 401. The van der Waals surface area contributed by atoms with Crippen LogP contribution in [0, 0.1) is 6.92 Å². The monoisotopic (exact) mass is 270 g/mol. The number of carbonyl (C=O) groups is 1. The first-order valence-electron chi connectivity index (χ1n) is 6.42. The van der Waals surface area contributed by atoms with Crippen LogP contribution < -0.4 is 0 Å². The largest absolute Gasteiger partial charge is 0.480 e. The van der Waals surface area contributed by atoms with Crippen molar-refractivity contribution in [2.75, 3.05) is 26.4 Å². The molecule has 0 aromatic carbocycles. The molecule has 1 aromatic rings. The smallest absolute Gasteiger partial charge is 0.329 e. The summed E-state index contributed by atoms with van der Waals surface area (Å²) < 4.78 is 12.2. The zero-order valence-electron chi connectivity index (χ0n) is 11.8. The van der Waals surface area contributed by atoms with Crippen molar-refractivity contribution in [1.29, 1.82) is 0 Å². The average Bonchev–Trinajstić information content (AvgIpc) is 2.69. The normalized spacial score (nSPS) is 11.2. The third-order valence-electron chi connectivity index (χ3n) is 2.57. The lowest BCUT2D eigenvalue weighted by atomic mass is 10.1. The van der Waals surface area contributed by atoms with E-state index in [4.69, 9.17) is 14.6 Å². The number of aliphatic carboxylic acids is 1. The highest BCUT2D eigenvalue weighted by atomic mass is 16.5. The third kappa shape index (κ3) is 5.85. The Morgan fingerprint density at radius 1 is 1.37 bits per heavy atom. The van der Waals surface area contributed by atoms with Gasteiger partial charge in [-0.2, -0.15) is 5.10 Å². The molecule has 1 heterocycles. The number of nitrogens with zero attached hydrogens (tertiary/aromatic N) is 2. The maximum Gasteiger partial charge on any atom is 0.329 e. The van der Waals surface area contributed by atoms with Gasteiger partial charge in [-0.25, -0.2) is 4.79 Å². The number of carboxylic acid groups (broad SMARTS) is 1. The molecular formula is C13H22N2O4. The standard InChI is InChI=1S/C13H22N2O4/c1-10(2)12-8-11(3)14-15(12)4-5-18-6-7-19-9-13(16)17/h8,10H,4-7,9H2,1-3H3,(H,16,17). The highest BCUT2D eigenvalue weighted by molar-refractivity contribution is 5.67. The SMILES string of the molecule is Cc1cc(C(C)C)n(CCOCCOCC(=O)O)n1. The minimum atomic E-state index is -0.964. The van der Waals surface area contributed by atoms with Crippen LogP contribution in [-0.2, 0) is 20.8 Å². The summed E-state index contributed by atoms with van der Waals surface area (Å²) in [5.41, 5.74) is 2.21. The van der Waals surface area contributed by atoms with Gasteiger partial charge in [0.25, 0.3) is 0 Å². The van der Waals surface area contributed by atoms with E-state index in [1.54, 1.807) is 0 Å². The lowest BCUT2D eigenvalue weighted by Crippen LogP contribution is -2.15. The van der Waals surface area contributed by atoms with Crippen LogP contribution in [-0.4, -0.2) is 47.3 Å². The summed E-state index contributed by atoms with van der Waals surface area (Å²) in [5, 5.41) is 12.8. The quantitative estimate of drug-likeness (QED) is 0.687. The van der Waals surface area contributed by atoms with Crippen LogP contribution in [0.15, 0.2) is 6.07 Å². The third-order valence-corrected chi connectivity index (χ3v) is 2.57. The van der Waals surface area contributed by atoms with E-state index in [2.05, 4.69) is 25.0 Å². The first-order valence-corrected chi connectivity index (χ1v) is 6.42. The summed E-state index contributed by atoms with van der Waals surface area (Å²) in [6.45, 7) is 7.88. The van der Waals surface area contributed by atoms with Gasteiger partial charge in [-0.05, 0) is 18.9 Å². The van der Waals surface area contributed by atoms with Crippen molar-refractivity contribution in [2.45, 2.75) is 33.2 Å². The summed E-state index contributed by atoms with van der Waals surface area (Å²) >= 11 is 0. The van der Waals surface area contributed by atoms with Gasteiger partial charge in [0.1, 0.15) is 6.61 Å². The van der Waals surface area contributed by atoms with Crippen LogP contribution >= 0.6 is 0 Å². The van der Waals surface area contributed by atoms with E-state index in [0.717, 1.165) is 5.69 Å². The maximum absolute atomic E-state index is 10.2. The summed E-state index contributed by atoms with van der Waals surface area (Å²) in [5.74, 6) is -0.534. The highest BCUT2D eigenvalue weighted by Crippen LogP contribution is 2.15. The van der Waals surface area contributed by atoms with Crippen molar-refractivity contribution in [3.63, 3.8) is 0 Å². The molecule has 0 amide bonds. The molecule has 6 nitrogen and oxygen atoms in total. The van der Waals surface area contributed by atoms with Crippen molar-refractivity contribution in [3.8, 4) is 0 Å². The van der Waals surface area contributed by atoms with Gasteiger partial charge in [0.05, 0.1) is 32.1 Å². The molecule has 0 aliphatic carbocycles. The van der Waals surface area contributed by atoms with Gasteiger partial charge >= 0.3 is 5.97 Å². The molecule has 1 aromatic heterocycles. The number of rotatable bonds is 9. The Hall–Kier alpha value is -1.40. The van der Waals surface area contributed by atoms with Crippen LogP contribution in [0.2, 0.25) is 0 Å². The first kappa shape index (κ1) is 15.7. The second-order valence-corrected chi connectivity index (χ2v) is 4.65. The lowest BCUT2D eigenvalue weighted by Gasteiger charge is -2.10. The average molecular weight is 270 g/mol. The van der Waals surface area contributed by atoms with Crippen molar-refractivity contribution < 1.29 is 19.4 Å². The Balaban J connectivity index is 2.20. The predicted molar refractivity (Wildman–Crippen MR) is 70.3 cm³/mol. The second kappa shape index (κ2) is 7.91. The van der Waals surface area contributed by atoms with Crippen LogP contribution in [0.1, 0.15) is 31.2 Å². The van der Waals surface area contributed by atoms with Gasteiger partial charge in [-0.1, -0.05) is 13.8 Å². The number of ether oxygens (including phenoxy) is 2. The van der Waals surface area contributed by atoms with E-state index < -0.39 is 5.97 Å². The Labute approximate surface area is 113 Å². The van der Waals surface area contributed by atoms with Crippen molar-refractivity contribution in [2.24, 2.45) is 0 Å². The van der Waals surface area contributed by atoms with Crippen LogP contribution in [0.3, 0.4) is 0 Å². The molecule has 6 heteroatoms. The number of aryl methyl sites for hydroxylation is 1. The molecule has 19 heavy (non-hydrogen) atoms. The highest BCUT2D eigenvalue weighted by Gasteiger charge is 2.08. The van der Waals surface area contributed by atoms with Gasteiger partial charge in [-0.15, -0.1) is 0 Å². The molecule has 0 aliphatic rings. The molecule has 0 spiro atoms. The van der Waals surface area contributed by atoms with E-state index in [1.807, 2.05) is 11.6 Å². The van der Waals surface area contributed by atoms with Crippen molar-refractivity contribution in [1.82, 2.24) is 9.78 Å². The van der Waals surface area contributed by atoms with Gasteiger partial charge in [0, 0.05) is 5.69 Å². The van der Waals surface area contributed by atoms with Crippen molar-refractivity contribution in [3.05, 3.63) is 17.5 Å². The van der Waals surface area contributed by atoms with Gasteiger partial charge < -0.3 is 14.6 Å². The van der Waals surface area contributed by atoms with Gasteiger partial charge in [-0.3, -0.25) is 4.68 Å². The fourth-order valence-electron chi connectivity index (χ4n) is 1.74. The fraction of sp³-hybridized carbons (Fsp3) is 0.692. The molecule has 0 fully saturated rings. The molecule has 0 saturated carbocycles. The van der Waals surface area contributed by atoms with E-state index in [1.165, 1.54) is 5.69 Å². The summed E-state index contributed by atoms with van der Waals surface area (Å²) in [6.07, 6.45) is 0. The minimum absolute atomic E-state index is 0.279. The van der Waals surface area contributed by atoms with Crippen LogP contribution in [0.4, 0.5) is 0 Å². The zero-order valence-corrected chi connectivity index (χ0v) is 11.8. The predicted octanol–water partition coefficient (Wildman–Crippen LogP) is 1.43.